The lowest BCUT2D eigenvalue weighted by Crippen LogP contribution is -2.46. The summed E-state index contributed by atoms with van der Waals surface area (Å²) in [6.45, 7) is 1.21. The summed E-state index contributed by atoms with van der Waals surface area (Å²) in [5.41, 5.74) is -1.02. The first-order valence-electron chi connectivity index (χ1n) is 8.42. The molecule has 2 aromatic rings. The van der Waals surface area contributed by atoms with Gasteiger partial charge in [0.15, 0.2) is 23.3 Å². The molecule has 1 N–H and O–H groups in total. The van der Waals surface area contributed by atoms with Crippen molar-refractivity contribution in [1.82, 2.24) is 10.2 Å². The van der Waals surface area contributed by atoms with Gasteiger partial charge in [-0.25, -0.2) is 22.0 Å². The summed E-state index contributed by atoms with van der Waals surface area (Å²) in [5, 5.41) is 2.99. The van der Waals surface area contributed by atoms with Crippen LogP contribution in [0.1, 0.15) is 17.2 Å². The summed E-state index contributed by atoms with van der Waals surface area (Å²) >= 11 is 0. The third-order valence-corrected chi connectivity index (χ3v) is 4.46. The van der Waals surface area contributed by atoms with Crippen LogP contribution in [0, 0.1) is 29.1 Å². The minimum atomic E-state index is -4.94. The lowest BCUT2D eigenvalue weighted by Gasteiger charge is -2.36. The number of nitrogens with zero attached hydrogens (tertiary/aromatic N) is 1. The third-order valence-electron chi connectivity index (χ3n) is 4.46. The van der Waals surface area contributed by atoms with Crippen LogP contribution in [0.15, 0.2) is 24.3 Å². The van der Waals surface area contributed by atoms with Gasteiger partial charge in [0.25, 0.3) is 0 Å². The van der Waals surface area contributed by atoms with Crippen LogP contribution < -0.4 is 10.1 Å². The standard InChI is InChI=1S/C18H14F8N2O/c19-12-11(13(20)15(22)16(23)14(12)21)17(28-7-5-27-6-8-28)9-1-3-10(4-2-9)29-18(24,25)26/h1-4,17,27H,5-8H2/t17-/m0/s1. The molecule has 1 saturated heterocycles. The van der Waals surface area contributed by atoms with Crippen molar-refractivity contribution in [3.05, 3.63) is 64.5 Å². The van der Waals surface area contributed by atoms with Crippen molar-refractivity contribution in [1.29, 1.82) is 0 Å². The smallest absolute Gasteiger partial charge is 0.406 e. The van der Waals surface area contributed by atoms with E-state index in [-0.39, 0.29) is 18.7 Å². The van der Waals surface area contributed by atoms with Crippen LogP contribution in [0.4, 0.5) is 35.1 Å². The Morgan fingerprint density at radius 2 is 1.28 bits per heavy atom. The molecule has 11 heteroatoms. The number of hydrogen-bond donors (Lipinski definition) is 1. The molecule has 0 radical (unpaired) electrons. The van der Waals surface area contributed by atoms with E-state index in [1.165, 1.54) is 4.90 Å². The number of halogens is 8. The van der Waals surface area contributed by atoms with E-state index in [1.54, 1.807) is 0 Å². The van der Waals surface area contributed by atoms with Crippen molar-refractivity contribution in [2.75, 3.05) is 26.2 Å². The van der Waals surface area contributed by atoms with Crippen LogP contribution in [-0.2, 0) is 0 Å². The van der Waals surface area contributed by atoms with Crippen molar-refractivity contribution in [3.8, 4) is 5.75 Å². The van der Waals surface area contributed by atoms with Crippen LogP contribution in [0.3, 0.4) is 0 Å². The normalized spacial score (nSPS) is 16.7. The second-order valence-electron chi connectivity index (χ2n) is 6.29. The molecular formula is C18H14F8N2O. The van der Waals surface area contributed by atoms with Gasteiger partial charge in [0.2, 0.25) is 5.82 Å². The molecule has 3 nitrogen and oxygen atoms in total. The Morgan fingerprint density at radius 1 is 0.793 bits per heavy atom. The Bertz CT molecular complexity index is 850. The zero-order chi connectivity index (χ0) is 21.3. The van der Waals surface area contributed by atoms with Gasteiger partial charge in [-0.05, 0) is 17.7 Å². The predicted molar refractivity (Wildman–Crippen MR) is 85.6 cm³/mol. The molecule has 2 aromatic carbocycles. The first-order chi connectivity index (χ1) is 13.6. The van der Waals surface area contributed by atoms with Gasteiger partial charge in [0.1, 0.15) is 5.75 Å². The maximum Gasteiger partial charge on any atom is 0.573 e. The molecule has 1 aliphatic heterocycles. The first-order valence-corrected chi connectivity index (χ1v) is 8.42. The molecular weight excluding hydrogens is 412 g/mol. The summed E-state index contributed by atoms with van der Waals surface area (Å²) in [6.07, 6.45) is -4.94. The van der Waals surface area contributed by atoms with E-state index >= 15 is 0 Å². The zero-order valence-electron chi connectivity index (χ0n) is 14.6. The highest BCUT2D eigenvalue weighted by Crippen LogP contribution is 2.36. The Kier molecular flexibility index (Phi) is 5.99. The minimum Gasteiger partial charge on any atom is -0.406 e. The first kappa shape index (κ1) is 21.3. The predicted octanol–water partition coefficient (Wildman–Crippen LogP) is 4.28. The number of piperazine rings is 1. The summed E-state index contributed by atoms with van der Waals surface area (Å²) in [4.78, 5) is 1.48. The molecule has 158 valence electrons. The van der Waals surface area contributed by atoms with Crippen LogP contribution >= 0.6 is 0 Å². The van der Waals surface area contributed by atoms with Crippen LogP contribution in [-0.4, -0.2) is 37.4 Å². The fourth-order valence-electron chi connectivity index (χ4n) is 3.21. The largest absolute Gasteiger partial charge is 0.573 e. The molecule has 0 unspecified atom stereocenters. The second kappa shape index (κ2) is 8.15. The monoisotopic (exact) mass is 426 g/mol. The Hall–Kier alpha value is -2.40. The second-order valence-corrected chi connectivity index (χ2v) is 6.29. The van der Waals surface area contributed by atoms with Crippen LogP contribution in [0.25, 0.3) is 0 Å². The third kappa shape index (κ3) is 4.45. The van der Waals surface area contributed by atoms with E-state index in [4.69, 9.17) is 0 Å². The van der Waals surface area contributed by atoms with Crippen molar-refractivity contribution in [3.63, 3.8) is 0 Å². The molecule has 1 atom stereocenters. The molecule has 0 amide bonds. The highest BCUT2D eigenvalue weighted by Gasteiger charge is 2.35. The summed E-state index contributed by atoms with van der Waals surface area (Å²) in [5.74, 6) is -11.0. The fourth-order valence-corrected chi connectivity index (χ4v) is 3.21. The van der Waals surface area contributed by atoms with E-state index < -0.39 is 52.8 Å². The molecule has 0 aromatic heterocycles. The van der Waals surface area contributed by atoms with Gasteiger partial charge in [-0.2, -0.15) is 0 Å². The molecule has 1 heterocycles. The molecule has 29 heavy (non-hydrogen) atoms. The van der Waals surface area contributed by atoms with Gasteiger partial charge in [0, 0.05) is 26.2 Å². The van der Waals surface area contributed by atoms with E-state index in [9.17, 15) is 35.1 Å². The van der Waals surface area contributed by atoms with Gasteiger partial charge in [-0.15, -0.1) is 13.2 Å². The summed E-state index contributed by atoms with van der Waals surface area (Å²) < 4.78 is 111. The van der Waals surface area contributed by atoms with E-state index in [2.05, 4.69) is 10.1 Å². The number of ether oxygens (including phenoxy) is 1. The maximum absolute atomic E-state index is 14.5. The Labute approximate surface area is 159 Å². The average molecular weight is 426 g/mol. The van der Waals surface area contributed by atoms with Crippen LogP contribution in [0.2, 0.25) is 0 Å². The number of rotatable bonds is 4. The summed E-state index contributed by atoms with van der Waals surface area (Å²) in [7, 11) is 0. The molecule has 0 spiro atoms. The van der Waals surface area contributed by atoms with Crippen molar-refractivity contribution in [2.24, 2.45) is 0 Å². The highest BCUT2D eigenvalue weighted by molar-refractivity contribution is 5.38. The van der Waals surface area contributed by atoms with Crippen molar-refractivity contribution < 1.29 is 39.9 Å². The van der Waals surface area contributed by atoms with Gasteiger partial charge >= 0.3 is 6.36 Å². The lowest BCUT2D eigenvalue weighted by atomic mass is 9.94. The van der Waals surface area contributed by atoms with Gasteiger partial charge < -0.3 is 10.1 Å². The van der Waals surface area contributed by atoms with Gasteiger partial charge in [-0.3, -0.25) is 4.90 Å². The van der Waals surface area contributed by atoms with Crippen molar-refractivity contribution in [2.45, 2.75) is 12.4 Å². The van der Waals surface area contributed by atoms with E-state index in [0.29, 0.717) is 13.1 Å². The minimum absolute atomic E-state index is 0.0460. The number of alkyl halides is 3. The fraction of sp³-hybridized carbons (Fsp3) is 0.333. The molecule has 0 bridgehead atoms. The summed E-state index contributed by atoms with van der Waals surface area (Å²) in [6, 6.07) is 2.59. The molecule has 0 aliphatic carbocycles. The number of hydrogen-bond acceptors (Lipinski definition) is 3. The number of benzene rings is 2. The molecule has 1 aliphatic rings. The van der Waals surface area contributed by atoms with E-state index in [1.807, 2.05) is 0 Å². The van der Waals surface area contributed by atoms with Gasteiger partial charge in [-0.1, -0.05) is 12.1 Å². The molecule has 0 saturated carbocycles. The van der Waals surface area contributed by atoms with Crippen molar-refractivity contribution >= 4 is 0 Å². The van der Waals surface area contributed by atoms with Crippen LogP contribution in [0.5, 0.6) is 5.75 Å². The number of nitrogens with one attached hydrogen (secondary N) is 1. The molecule has 1 fully saturated rings. The zero-order valence-corrected chi connectivity index (χ0v) is 14.6. The quantitative estimate of drug-likeness (QED) is 0.449. The Morgan fingerprint density at radius 3 is 1.76 bits per heavy atom. The Balaban J connectivity index is 2.10. The molecule has 3 rings (SSSR count). The average Bonchev–Trinajstić information content (AvgIpc) is 2.68. The SMILES string of the molecule is Fc1c(F)c(F)c([C@H](c2ccc(OC(F)(F)F)cc2)N2CCNCC2)c(F)c1F. The maximum atomic E-state index is 14.5. The topological polar surface area (TPSA) is 24.5 Å². The van der Waals surface area contributed by atoms with Gasteiger partial charge in [0.05, 0.1) is 11.6 Å². The highest BCUT2D eigenvalue weighted by atomic mass is 19.4. The lowest BCUT2D eigenvalue weighted by molar-refractivity contribution is -0.274. The van der Waals surface area contributed by atoms with E-state index in [0.717, 1.165) is 24.3 Å².